The highest BCUT2D eigenvalue weighted by molar-refractivity contribution is 6.30. The van der Waals surface area contributed by atoms with Crippen LogP contribution in [0, 0.1) is 0 Å². The van der Waals surface area contributed by atoms with E-state index in [1.807, 2.05) is 24.3 Å². The molecule has 0 unspecified atom stereocenters. The molecule has 0 aliphatic carbocycles. The Bertz CT molecular complexity index is 686. The van der Waals surface area contributed by atoms with E-state index in [2.05, 4.69) is 5.32 Å². The van der Waals surface area contributed by atoms with E-state index in [1.165, 1.54) is 11.6 Å². The van der Waals surface area contributed by atoms with Gasteiger partial charge in [0.2, 0.25) is 5.91 Å². The summed E-state index contributed by atoms with van der Waals surface area (Å²) in [5.74, 6) is -0.115. The summed E-state index contributed by atoms with van der Waals surface area (Å²) in [7, 11) is 0. The van der Waals surface area contributed by atoms with Gasteiger partial charge in [-0.2, -0.15) is 0 Å². The molecule has 0 radical (unpaired) electrons. The first-order valence-corrected chi connectivity index (χ1v) is 8.38. The van der Waals surface area contributed by atoms with Gasteiger partial charge in [0.25, 0.3) is 0 Å². The lowest BCUT2D eigenvalue weighted by molar-refractivity contribution is -0.116. The van der Waals surface area contributed by atoms with Gasteiger partial charge in [0, 0.05) is 41.8 Å². The van der Waals surface area contributed by atoms with Gasteiger partial charge in [0.05, 0.1) is 12.5 Å². The Hall–Kier alpha value is -2.04. The van der Waals surface area contributed by atoms with E-state index < -0.39 is 0 Å². The van der Waals surface area contributed by atoms with Gasteiger partial charge in [-0.3, -0.25) is 4.79 Å². The fourth-order valence-corrected chi connectivity index (χ4v) is 3.12. The summed E-state index contributed by atoms with van der Waals surface area (Å²) in [4.78, 5) is 12.1. The maximum absolute atomic E-state index is 12.1. The largest absolute Gasteiger partial charge is 0.472 e. The van der Waals surface area contributed by atoms with Crippen molar-refractivity contribution in [1.29, 1.82) is 0 Å². The summed E-state index contributed by atoms with van der Waals surface area (Å²) in [6.07, 6.45) is 8.19. The van der Waals surface area contributed by atoms with Crippen LogP contribution in [-0.4, -0.2) is 25.7 Å². The summed E-state index contributed by atoms with van der Waals surface area (Å²) in [6.45, 7) is 1.97. The molecule has 2 heterocycles. The van der Waals surface area contributed by atoms with E-state index in [9.17, 15) is 4.79 Å². The van der Waals surface area contributed by atoms with Gasteiger partial charge in [0.1, 0.15) is 0 Å². The number of ether oxygens (including phenoxy) is 1. The van der Waals surface area contributed by atoms with Crippen molar-refractivity contribution in [2.75, 3.05) is 19.8 Å². The first-order chi connectivity index (χ1) is 11.7. The first kappa shape index (κ1) is 16.8. The van der Waals surface area contributed by atoms with Gasteiger partial charge in [-0.05, 0) is 42.7 Å². The van der Waals surface area contributed by atoms with Gasteiger partial charge >= 0.3 is 0 Å². The number of hydrogen-bond acceptors (Lipinski definition) is 3. The second kappa shape index (κ2) is 7.69. The quantitative estimate of drug-likeness (QED) is 0.838. The third-order valence-corrected chi connectivity index (χ3v) is 4.73. The Labute approximate surface area is 146 Å². The molecule has 1 aromatic carbocycles. The van der Waals surface area contributed by atoms with Crippen LogP contribution in [0.1, 0.15) is 24.0 Å². The standard InChI is InChI=1S/C19H20ClNO3/c20-17-4-2-16(3-5-17)19(8-11-23-12-9-19)14-21-18(22)6-1-15-7-10-24-13-15/h1-7,10,13H,8-9,11-12,14H2,(H,21,22)/b6-1+. The Kier molecular flexibility index (Phi) is 5.38. The minimum Gasteiger partial charge on any atom is -0.472 e. The fourth-order valence-electron chi connectivity index (χ4n) is 2.99. The Morgan fingerprint density at radius 2 is 1.96 bits per heavy atom. The lowest BCUT2D eigenvalue weighted by Gasteiger charge is -2.37. The number of furan rings is 1. The fraction of sp³-hybridized carbons (Fsp3) is 0.316. The minimum atomic E-state index is -0.115. The van der Waals surface area contributed by atoms with Gasteiger partial charge in [-0.1, -0.05) is 23.7 Å². The number of carbonyl (C=O) groups is 1. The highest BCUT2D eigenvalue weighted by Gasteiger charge is 2.34. The first-order valence-electron chi connectivity index (χ1n) is 8.00. The van der Waals surface area contributed by atoms with Crippen LogP contribution in [0.4, 0.5) is 0 Å². The molecule has 1 amide bonds. The van der Waals surface area contributed by atoms with Crippen molar-refractivity contribution in [2.24, 2.45) is 0 Å². The average Bonchev–Trinajstić information content (AvgIpc) is 3.13. The zero-order valence-corrected chi connectivity index (χ0v) is 14.1. The second-order valence-electron chi connectivity index (χ2n) is 6.01. The van der Waals surface area contributed by atoms with E-state index in [4.69, 9.17) is 20.8 Å². The molecule has 0 bridgehead atoms. The van der Waals surface area contributed by atoms with Crippen LogP contribution in [0.25, 0.3) is 6.08 Å². The minimum absolute atomic E-state index is 0.109. The number of halogens is 1. The van der Waals surface area contributed by atoms with E-state index in [0.29, 0.717) is 24.8 Å². The molecule has 1 aromatic heterocycles. The molecule has 1 aliphatic heterocycles. The topological polar surface area (TPSA) is 51.5 Å². The number of nitrogens with one attached hydrogen (secondary N) is 1. The normalized spacial score (nSPS) is 17.0. The summed E-state index contributed by atoms with van der Waals surface area (Å²) in [5, 5.41) is 3.74. The average molecular weight is 346 g/mol. The molecule has 1 fully saturated rings. The lowest BCUT2D eigenvalue weighted by atomic mass is 9.74. The van der Waals surface area contributed by atoms with Crippen molar-refractivity contribution in [1.82, 2.24) is 5.32 Å². The van der Waals surface area contributed by atoms with Crippen LogP contribution in [0.15, 0.2) is 53.4 Å². The van der Waals surface area contributed by atoms with Crippen LogP contribution in [0.3, 0.4) is 0 Å². The van der Waals surface area contributed by atoms with Crippen LogP contribution in [0.2, 0.25) is 5.02 Å². The predicted octanol–water partition coefficient (Wildman–Crippen LogP) is 3.81. The number of amides is 1. The molecule has 126 valence electrons. The molecule has 1 N–H and O–H groups in total. The summed E-state index contributed by atoms with van der Waals surface area (Å²) in [5.41, 5.74) is 1.94. The summed E-state index contributed by atoms with van der Waals surface area (Å²) in [6, 6.07) is 9.68. The van der Waals surface area contributed by atoms with Crippen LogP contribution in [0.5, 0.6) is 0 Å². The maximum Gasteiger partial charge on any atom is 0.244 e. The lowest BCUT2D eigenvalue weighted by Crippen LogP contribution is -2.44. The van der Waals surface area contributed by atoms with Crippen molar-refractivity contribution in [2.45, 2.75) is 18.3 Å². The molecule has 24 heavy (non-hydrogen) atoms. The van der Waals surface area contributed by atoms with Gasteiger partial charge in [0.15, 0.2) is 0 Å². The SMILES string of the molecule is O=C(/C=C/c1ccoc1)NCC1(c2ccc(Cl)cc2)CCOCC1. The maximum atomic E-state index is 12.1. The van der Waals surface area contributed by atoms with Crippen LogP contribution >= 0.6 is 11.6 Å². The summed E-state index contributed by atoms with van der Waals surface area (Å²) < 4.78 is 10.5. The molecule has 5 heteroatoms. The summed E-state index contributed by atoms with van der Waals surface area (Å²) >= 11 is 6.00. The third-order valence-electron chi connectivity index (χ3n) is 4.48. The van der Waals surface area contributed by atoms with Gasteiger partial charge in [-0.15, -0.1) is 0 Å². The molecule has 0 spiro atoms. The number of benzene rings is 1. The predicted molar refractivity (Wildman–Crippen MR) is 93.9 cm³/mol. The number of carbonyl (C=O) groups excluding carboxylic acids is 1. The zero-order chi connectivity index (χ0) is 16.8. The van der Waals surface area contributed by atoms with E-state index >= 15 is 0 Å². The number of rotatable bonds is 5. The number of hydrogen-bond donors (Lipinski definition) is 1. The highest BCUT2D eigenvalue weighted by atomic mass is 35.5. The van der Waals surface area contributed by atoms with Gasteiger partial charge in [-0.25, -0.2) is 0 Å². The highest BCUT2D eigenvalue weighted by Crippen LogP contribution is 2.34. The molecule has 4 nitrogen and oxygen atoms in total. The van der Waals surface area contributed by atoms with Crippen molar-refractivity contribution >= 4 is 23.6 Å². The van der Waals surface area contributed by atoms with E-state index in [0.717, 1.165) is 18.4 Å². The Morgan fingerprint density at radius 3 is 2.62 bits per heavy atom. The van der Waals surface area contributed by atoms with Crippen LogP contribution < -0.4 is 5.32 Å². The van der Waals surface area contributed by atoms with Crippen molar-refractivity contribution in [3.63, 3.8) is 0 Å². The second-order valence-corrected chi connectivity index (χ2v) is 6.44. The van der Waals surface area contributed by atoms with E-state index in [1.54, 1.807) is 24.7 Å². The van der Waals surface area contributed by atoms with Crippen LogP contribution in [-0.2, 0) is 14.9 Å². The van der Waals surface area contributed by atoms with Crippen molar-refractivity contribution in [3.8, 4) is 0 Å². The molecule has 1 aliphatic rings. The van der Waals surface area contributed by atoms with Crippen molar-refractivity contribution in [3.05, 3.63) is 65.1 Å². The molecule has 0 atom stereocenters. The smallest absolute Gasteiger partial charge is 0.244 e. The molecule has 3 rings (SSSR count). The molecular weight excluding hydrogens is 326 g/mol. The Balaban J connectivity index is 1.68. The monoisotopic (exact) mass is 345 g/mol. The molecule has 1 saturated heterocycles. The van der Waals surface area contributed by atoms with Crippen molar-refractivity contribution < 1.29 is 13.9 Å². The van der Waals surface area contributed by atoms with Gasteiger partial charge < -0.3 is 14.5 Å². The molecular formula is C19H20ClNO3. The molecule has 2 aromatic rings. The zero-order valence-electron chi connectivity index (χ0n) is 13.3. The molecule has 0 saturated carbocycles. The van der Waals surface area contributed by atoms with E-state index in [-0.39, 0.29) is 11.3 Å². The Morgan fingerprint density at radius 1 is 1.21 bits per heavy atom. The third kappa shape index (κ3) is 4.08.